The summed E-state index contributed by atoms with van der Waals surface area (Å²) in [5.41, 5.74) is 1.59. The molecule has 0 aliphatic heterocycles. The number of rotatable bonds is 4. The van der Waals surface area contributed by atoms with Crippen LogP contribution >= 0.6 is 0 Å². The van der Waals surface area contributed by atoms with Crippen LogP contribution in [0.4, 0.5) is 0 Å². The zero-order chi connectivity index (χ0) is 11.4. The molecule has 0 heterocycles. The van der Waals surface area contributed by atoms with Gasteiger partial charge >= 0.3 is 5.97 Å². The van der Waals surface area contributed by atoms with E-state index in [9.17, 15) is 9.90 Å². The number of aliphatic hydroxyl groups excluding tert-OH is 1. The van der Waals surface area contributed by atoms with Crippen molar-refractivity contribution < 1.29 is 15.0 Å². The third-order valence-corrected chi connectivity index (χ3v) is 2.58. The Labute approximate surface area is 89.4 Å². The van der Waals surface area contributed by atoms with Gasteiger partial charge in [0.1, 0.15) is 0 Å². The van der Waals surface area contributed by atoms with Crippen LogP contribution in [0.3, 0.4) is 0 Å². The van der Waals surface area contributed by atoms with Crippen molar-refractivity contribution in [1.82, 2.24) is 0 Å². The summed E-state index contributed by atoms with van der Waals surface area (Å²) >= 11 is 0. The molecule has 3 heteroatoms. The van der Waals surface area contributed by atoms with Gasteiger partial charge < -0.3 is 10.2 Å². The van der Waals surface area contributed by atoms with Gasteiger partial charge in [-0.1, -0.05) is 31.2 Å². The van der Waals surface area contributed by atoms with Crippen LogP contribution in [-0.4, -0.2) is 16.2 Å². The molecule has 0 radical (unpaired) electrons. The van der Waals surface area contributed by atoms with Gasteiger partial charge in [-0.05, 0) is 24.5 Å². The van der Waals surface area contributed by atoms with Crippen LogP contribution in [0.15, 0.2) is 24.3 Å². The summed E-state index contributed by atoms with van der Waals surface area (Å²) in [6.07, 6.45) is 0.201. The van der Waals surface area contributed by atoms with E-state index >= 15 is 0 Å². The SMILES string of the molecule is CC[C@H](O)c1ccc([C@H](C)C(=O)O)cc1. The maximum atomic E-state index is 10.7. The Morgan fingerprint density at radius 2 is 1.73 bits per heavy atom. The molecule has 0 fully saturated rings. The normalized spacial score (nSPS) is 14.6. The largest absolute Gasteiger partial charge is 0.481 e. The summed E-state index contributed by atoms with van der Waals surface area (Å²) in [6.45, 7) is 3.55. The molecule has 0 amide bonds. The lowest BCUT2D eigenvalue weighted by molar-refractivity contribution is -0.138. The van der Waals surface area contributed by atoms with Gasteiger partial charge in [0.05, 0.1) is 12.0 Å². The van der Waals surface area contributed by atoms with E-state index in [2.05, 4.69) is 0 Å². The Morgan fingerprint density at radius 1 is 1.27 bits per heavy atom. The van der Waals surface area contributed by atoms with Crippen LogP contribution in [0.25, 0.3) is 0 Å². The van der Waals surface area contributed by atoms with E-state index in [1.165, 1.54) is 0 Å². The monoisotopic (exact) mass is 208 g/mol. The molecule has 82 valence electrons. The summed E-state index contributed by atoms with van der Waals surface area (Å²) in [5, 5.41) is 18.4. The highest BCUT2D eigenvalue weighted by molar-refractivity contribution is 5.75. The van der Waals surface area contributed by atoms with Crippen molar-refractivity contribution in [1.29, 1.82) is 0 Å². The van der Waals surface area contributed by atoms with E-state index in [0.717, 1.165) is 11.1 Å². The zero-order valence-electron chi connectivity index (χ0n) is 8.97. The highest BCUT2D eigenvalue weighted by atomic mass is 16.4. The zero-order valence-corrected chi connectivity index (χ0v) is 8.97. The first-order chi connectivity index (χ1) is 7.06. The summed E-state index contributed by atoms with van der Waals surface area (Å²) in [5.74, 6) is -1.34. The first-order valence-electron chi connectivity index (χ1n) is 5.07. The minimum absolute atomic E-state index is 0.459. The Balaban J connectivity index is 2.85. The van der Waals surface area contributed by atoms with E-state index in [4.69, 9.17) is 5.11 Å². The molecule has 0 saturated carbocycles. The van der Waals surface area contributed by atoms with Crippen molar-refractivity contribution in [2.24, 2.45) is 0 Å². The quantitative estimate of drug-likeness (QED) is 0.798. The van der Waals surface area contributed by atoms with Gasteiger partial charge in [-0.25, -0.2) is 0 Å². The number of carboxylic acid groups (broad SMARTS) is 1. The number of hydrogen-bond acceptors (Lipinski definition) is 2. The second kappa shape index (κ2) is 4.94. The molecule has 0 bridgehead atoms. The molecular weight excluding hydrogens is 192 g/mol. The molecule has 3 nitrogen and oxygen atoms in total. The molecule has 0 spiro atoms. The molecule has 0 aliphatic carbocycles. The van der Waals surface area contributed by atoms with Crippen molar-refractivity contribution in [2.75, 3.05) is 0 Å². The van der Waals surface area contributed by atoms with Crippen molar-refractivity contribution >= 4 is 5.97 Å². The second-order valence-corrected chi connectivity index (χ2v) is 3.65. The Morgan fingerprint density at radius 3 is 2.13 bits per heavy atom. The third kappa shape index (κ3) is 2.80. The van der Waals surface area contributed by atoms with Crippen LogP contribution in [0.1, 0.15) is 43.4 Å². The smallest absolute Gasteiger partial charge is 0.310 e. The summed E-state index contributed by atoms with van der Waals surface area (Å²) in [6, 6.07) is 7.08. The minimum atomic E-state index is -0.834. The summed E-state index contributed by atoms with van der Waals surface area (Å²) in [7, 11) is 0. The number of carbonyl (C=O) groups is 1. The number of benzene rings is 1. The Kier molecular flexibility index (Phi) is 3.86. The van der Waals surface area contributed by atoms with E-state index in [1.54, 1.807) is 31.2 Å². The van der Waals surface area contributed by atoms with E-state index in [0.29, 0.717) is 6.42 Å². The van der Waals surface area contributed by atoms with Gasteiger partial charge in [-0.15, -0.1) is 0 Å². The second-order valence-electron chi connectivity index (χ2n) is 3.65. The summed E-state index contributed by atoms with van der Waals surface area (Å²) in [4.78, 5) is 10.7. The van der Waals surface area contributed by atoms with Gasteiger partial charge in [-0.2, -0.15) is 0 Å². The predicted octanol–water partition coefficient (Wildman–Crippen LogP) is 2.32. The van der Waals surface area contributed by atoms with Gasteiger partial charge in [0.2, 0.25) is 0 Å². The molecule has 2 atom stereocenters. The van der Waals surface area contributed by atoms with E-state index in [1.807, 2.05) is 6.92 Å². The van der Waals surface area contributed by atoms with Crippen molar-refractivity contribution in [3.63, 3.8) is 0 Å². The number of aliphatic carboxylic acids is 1. The van der Waals surface area contributed by atoms with E-state index < -0.39 is 18.0 Å². The number of hydrogen-bond donors (Lipinski definition) is 2. The Bertz CT molecular complexity index is 329. The third-order valence-electron chi connectivity index (χ3n) is 2.58. The van der Waals surface area contributed by atoms with Gasteiger partial charge in [-0.3, -0.25) is 4.79 Å². The average Bonchev–Trinajstić information content (AvgIpc) is 2.27. The maximum Gasteiger partial charge on any atom is 0.310 e. The highest BCUT2D eigenvalue weighted by Crippen LogP contribution is 2.20. The lowest BCUT2D eigenvalue weighted by atomic mass is 9.98. The van der Waals surface area contributed by atoms with Crippen molar-refractivity contribution in [3.05, 3.63) is 35.4 Å². The lowest BCUT2D eigenvalue weighted by Gasteiger charge is -2.10. The van der Waals surface area contributed by atoms with Crippen LogP contribution < -0.4 is 0 Å². The van der Waals surface area contributed by atoms with Crippen molar-refractivity contribution in [2.45, 2.75) is 32.3 Å². The van der Waals surface area contributed by atoms with Gasteiger partial charge in [0.25, 0.3) is 0 Å². The molecule has 2 N–H and O–H groups in total. The molecular formula is C12H16O3. The molecule has 1 aromatic rings. The van der Waals surface area contributed by atoms with Crippen LogP contribution in [0, 0.1) is 0 Å². The van der Waals surface area contributed by atoms with Crippen LogP contribution in [0.2, 0.25) is 0 Å². The molecule has 1 rings (SSSR count). The fraction of sp³-hybridized carbons (Fsp3) is 0.417. The fourth-order valence-corrected chi connectivity index (χ4v) is 1.39. The van der Waals surface area contributed by atoms with Crippen LogP contribution in [0.5, 0.6) is 0 Å². The molecule has 1 aromatic carbocycles. The molecule has 0 aromatic heterocycles. The van der Waals surface area contributed by atoms with E-state index in [-0.39, 0.29) is 0 Å². The molecule has 0 saturated heterocycles. The van der Waals surface area contributed by atoms with Crippen LogP contribution in [-0.2, 0) is 4.79 Å². The summed E-state index contributed by atoms with van der Waals surface area (Å²) < 4.78 is 0. The molecule has 0 unspecified atom stereocenters. The Hall–Kier alpha value is -1.35. The first kappa shape index (κ1) is 11.7. The average molecular weight is 208 g/mol. The lowest BCUT2D eigenvalue weighted by Crippen LogP contribution is -2.07. The van der Waals surface area contributed by atoms with Crippen molar-refractivity contribution in [3.8, 4) is 0 Å². The minimum Gasteiger partial charge on any atom is -0.481 e. The molecule has 15 heavy (non-hydrogen) atoms. The highest BCUT2D eigenvalue weighted by Gasteiger charge is 2.13. The predicted molar refractivity (Wildman–Crippen MR) is 57.7 cm³/mol. The standard InChI is InChI=1S/C12H16O3/c1-3-11(13)10-6-4-9(5-7-10)8(2)12(14)15/h4-8,11,13H,3H2,1-2H3,(H,14,15)/t8-,11-/m0/s1. The van der Waals surface area contributed by atoms with Gasteiger partial charge in [0, 0.05) is 0 Å². The maximum absolute atomic E-state index is 10.7. The topological polar surface area (TPSA) is 57.5 Å². The fourth-order valence-electron chi connectivity index (χ4n) is 1.39. The number of aliphatic hydroxyl groups is 1. The van der Waals surface area contributed by atoms with Gasteiger partial charge in [0.15, 0.2) is 0 Å². The first-order valence-corrected chi connectivity index (χ1v) is 5.07. The molecule has 0 aliphatic rings. The number of carboxylic acids is 1.